The maximum absolute atomic E-state index is 12.6. The summed E-state index contributed by atoms with van der Waals surface area (Å²) in [5.41, 5.74) is 3.79. The quantitative estimate of drug-likeness (QED) is 0.644. The molecular formula is C24H35N5O3. The third kappa shape index (κ3) is 5.23. The first-order valence-corrected chi connectivity index (χ1v) is 11.8. The molecular weight excluding hydrogens is 406 g/mol. The number of likely N-dealkylation sites (N-methyl/N-ethyl adjacent to an activating group) is 1. The van der Waals surface area contributed by atoms with Gasteiger partial charge in [0.25, 0.3) is 11.8 Å². The van der Waals surface area contributed by atoms with E-state index in [-0.39, 0.29) is 11.8 Å². The van der Waals surface area contributed by atoms with Gasteiger partial charge in [0.15, 0.2) is 5.89 Å². The molecule has 0 unspecified atom stereocenters. The lowest BCUT2D eigenvalue weighted by Crippen LogP contribution is -2.38. The predicted molar refractivity (Wildman–Crippen MR) is 122 cm³/mol. The van der Waals surface area contributed by atoms with Crippen molar-refractivity contribution in [3.63, 3.8) is 0 Å². The van der Waals surface area contributed by atoms with E-state index in [0.717, 1.165) is 64.7 Å². The zero-order chi connectivity index (χ0) is 22.7. The zero-order valence-electron chi connectivity index (χ0n) is 19.5. The highest BCUT2D eigenvalue weighted by molar-refractivity contribution is 5.93. The van der Waals surface area contributed by atoms with Gasteiger partial charge in [0.05, 0.1) is 5.69 Å². The van der Waals surface area contributed by atoms with Gasteiger partial charge in [-0.05, 0) is 50.8 Å². The monoisotopic (exact) mass is 441 g/mol. The summed E-state index contributed by atoms with van der Waals surface area (Å²) in [7, 11) is 2.11. The second kappa shape index (κ2) is 9.90. The molecule has 2 aromatic rings. The number of carbonyl (C=O) groups is 2. The van der Waals surface area contributed by atoms with Crippen LogP contribution in [-0.4, -0.2) is 64.8 Å². The van der Waals surface area contributed by atoms with Gasteiger partial charge in [0.2, 0.25) is 5.76 Å². The largest absolute Gasteiger partial charge is 0.436 e. The number of carbonyl (C=O) groups excluding carboxylic acids is 2. The van der Waals surface area contributed by atoms with Crippen LogP contribution in [0.3, 0.4) is 0 Å². The molecule has 1 saturated heterocycles. The van der Waals surface area contributed by atoms with E-state index in [2.05, 4.69) is 27.2 Å². The van der Waals surface area contributed by atoms with Gasteiger partial charge in [-0.3, -0.25) is 9.59 Å². The van der Waals surface area contributed by atoms with Gasteiger partial charge >= 0.3 is 0 Å². The summed E-state index contributed by atoms with van der Waals surface area (Å²) in [4.78, 5) is 36.8. The predicted octanol–water partition coefficient (Wildman–Crippen LogP) is 3.06. The molecule has 2 aliphatic rings. The van der Waals surface area contributed by atoms with Gasteiger partial charge in [-0.15, -0.1) is 0 Å². The maximum Gasteiger partial charge on any atom is 0.291 e. The van der Waals surface area contributed by atoms with Crippen LogP contribution in [0.15, 0.2) is 10.5 Å². The van der Waals surface area contributed by atoms with Crippen molar-refractivity contribution < 1.29 is 14.0 Å². The van der Waals surface area contributed by atoms with Crippen molar-refractivity contribution >= 4 is 11.8 Å². The average molecular weight is 442 g/mol. The highest BCUT2D eigenvalue weighted by Gasteiger charge is 2.27. The number of nitrogens with one attached hydrogen (secondary N) is 2. The molecule has 0 spiro atoms. The van der Waals surface area contributed by atoms with Gasteiger partial charge in [-0.2, -0.15) is 0 Å². The van der Waals surface area contributed by atoms with Crippen LogP contribution < -0.4 is 5.32 Å². The SMILES string of the molecule is Cc1nc(C)c(C(=O)N2CCC(CCCCNC(=O)c3cc4c([nH]3)CCN(C)C4)CC2)o1. The zero-order valence-corrected chi connectivity index (χ0v) is 19.5. The van der Waals surface area contributed by atoms with Crippen LogP contribution in [-0.2, 0) is 13.0 Å². The molecule has 0 saturated carbocycles. The normalized spacial score (nSPS) is 17.4. The standard InChI is InChI=1S/C24H35N5O3/c1-16-22(32-17(2)26-16)24(31)29-12-7-18(8-13-29)6-4-5-10-25-23(30)21-14-19-15-28(3)11-9-20(19)27-21/h14,18,27H,4-13,15H2,1-3H3,(H,25,30). The fourth-order valence-corrected chi connectivity index (χ4v) is 4.85. The van der Waals surface area contributed by atoms with Crippen molar-refractivity contribution in [1.82, 2.24) is 25.1 Å². The number of hydrogen-bond acceptors (Lipinski definition) is 5. The van der Waals surface area contributed by atoms with Crippen LogP contribution in [0.5, 0.6) is 0 Å². The molecule has 0 atom stereocenters. The number of unbranched alkanes of at least 4 members (excludes halogenated alkanes) is 1. The third-order valence-electron chi connectivity index (χ3n) is 6.74. The Balaban J connectivity index is 1.13. The average Bonchev–Trinajstić information content (AvgIpc) is 3.35. The van der Waals surface area contributed by atoms with Gasteiger partial charge in [-0.1, -0.05) is 12.8 Å². The Morgan fingerprint density at radius 1 is 1.22 bits per heavy atom. The molecule has 2 N–H and O–H groups in total. The van der Waals surface area contributed by atoms with Gasteiger partial charge in [0.1, 0.15) is 5.69 Å². The summed E-state index contributed by atoms with van der Waals surface area (Å²) in [5, 5.41) is 3.05. The van der Waals surface area contributed by atoms with Gasteiger partial charge < -0.3 is 24.5 Å². The van der Waals surface area contributed by atoms with E-state index < -0.39 is 0 Å². The van der Waals surface area contributed by atoms with Crippen LogP contribution in [0.4, 0.5) is 0 Å². The molecule has 4 heterocycles. The van der Waals surface area contributed by atoms with Crippen molar-refractivity contribution in [3.8, 4) is 0 Å². The fraction of sp³-hybridized carbons (Fsp3) is 0.625. The summed E-state index contributed by atoms with van der Waals surface area (Å²) in [6.07, 6.45) is 6.22. The van der Waals surface area contributed by atoms with Crippen molar-refractivity contribution in [2.75, 3.05) is 33.2 Å². The molecule has 0 aromatic carbocycles. The smallest absolute Gasteiger partial charge is 0.291 e. The number of fused-ring (bicyclic) bond motifs is 1. The minimum atomic E-state index is -0.0399. The first-order valence-electron chi connectivity index (χ1n) is 11.8. The van der Waals surface area contributed by atoms with E-state index in [1.807, 2.05) is 17.9 Å². The van der Waals surface area contributed by atoms with E-state index in [1.165, 1.54) is 11.3 Å². The number of aromatic nitrogens is 2. The Kier molecular flexibility index (Phi) is 6.98. The highest BCUT2D eigenvalue weighted by atomic mass is 16.4. The Morgan fingerprint density at radius 2 is 2.00 bits per heavy atom. The Morgan fingerprint density at radius 3 is 2.72 bits per heavy atom. The molecule has 8 nitrogen and oxygen atoms in total. The number of aryl methyl sites for hydroxylation is 2. The molecule has 32 heavy (non-hydrogen) atoms. The van der Waals surface area contributed by atoms with E-state index >= 15 is 0 Å². The Labute approximate surface area is 189 Å². The number of piperidine rings is 1. The Bertz CT molecular complexity index is 955. The van der Waals surface area contributed by atoms with Crippen LogP contribution in [0, 0.1) is 19.8 Å². The van der Waals surface area contributed by atoms with Crippen LogP contribution >= 0.6 is 0 Å². The number of nitrogens with zero attached hydrogens (tertiary/aromatic N) is 3. The van der Waals surface area contributed by atoms with Crippen LogP contribution in [0.25, 0.3) is 0 Å². The molecule has 8 heteroatoms. The number of hydrogen-bond donors (Lipinski definition) is 2. The number of oxazole rings is 1. The van der Waals surface area contributed by atoms with E-state index in [0.29, 0.717) is 35.5 Å². The molecule has 2 aromatic heterocycles. The lowest BCUT2D eigenvalue weighted by molar-refractivity contribution is 0.0651. The molecule has 0 radical (unpaired) electrons. The first kappa shape index (κ1) is 22.6. The summed E-state index contributed by atoms with van der Waals surface area (Å²) >= 11 is 0. The number of amides is 2. The second-order valence-electron chi connectivity index (χ2n) is 9.31. The van der Waals surface area contributed by atoms with Crippen molar-refractivity contribution in [2.45, 2.75) is 58.9 Å². The van der Waals surface area contributed by atoms with Crippen molar-refractivity contribution in [1.29, 1.82) is 0 Å². The van der Waals surface area contributed by atoms with E-state index in [1.54, 1.807) is 6.92 Å². The second-order valence-corrected chi connectivity index (χ2v) is 9.31. The Hall–Kier alpha value is -2.61. The summed E-state index contributed by atoms with van der Waals surface area (Å²) < 4.78 is 5.49. The van der Waals surface area contributed by atoms with Crippen molar-refractivity contribution in [2.24, 2.45) is 5.92 Å². The number of H-pyrrole nitrogens is 1. The number of aromatic amines is 1. The molecule has 1 fully saturated rings. The lowest BCUT2D eigenvalue weighted by atomic mass is 9.91. The highest BCUT2D eigenvalue weighted by Crippen LogP contribution is 2.24. The van der Waals surface area contributed by atoms with Crippen molar-refractivity contribution in [3.05, 3.63) is 40.4 Å². The minimum absolute atomic E-state index is 0.00757. The summed E-state index contributed by atoms with van der Waals surface area (Å²) in [6, 6.07) is 2.00. The molecule has 0 bridgehead atoms. The van der Waals surface area contributed by atoms with Crippen LogP contribution in [0.1, 0.15) is 76.0 Å². The molecule has 0 aliphatic carbocycles. The number of likely N-dealkylation sites (tertiary alicyclic amines) is 1. The van der Waals surface area contributed by atoms with E-state index in [4.69, 9.17) is 4.42 Å². The molecule has 4 rings (SSSR count). The lowest BCUT2D eigenvalue weighted by Gasteiger charge is -2.31. The number of rotatable bonds is 7. The molecule has 2 amide bonds. The van der Waals surface area contributed by atoms with Gasteiger partial charge in [-0.25, -0.2) is 4.98 Å². The topological polar surface area (TPSA) is 94.5 Å². The van der Waals surface area contributed by atoms with E-state index in [9.17, 15) is 9.59 Å². The fourth-order valence-electron chi connectivity index (χ4n) is 4.85. The molecule has 2 aliphatic heterocycles. The maximum atomic E-state index is 12.6. The van der Waals surface area contributed by atoms with Crippen LogP contribution in [0.2, 0.25) is 0 Å². The summed E-state index contributed by atoms with van der Waals surface area (Å²) in [5.74, 6) is 1.51. The summed E-state index contributed by atoms with van der Waals surface area (Å²) in [6.45, 7) is 7.75. The first-order chi connectivity index (χ1) is 15.4. The van der Waals surface area contributed by atoms with Gasteiger partial charge in [0, 0.05) is 51.8 Å². The third-order valence-corrected chi connectivity index (χ3v) is 6.74. The molecule has 174 valence electrons. The minimum Gasteiger partial charge on any atom is -0.436 e.